The highest BCUT2D eigenvalue weighted by molar-refractivity contribution is 8.00. The van der Waals surface area contributed by atoms with Crippen LogP contribution in [0, 0.1) is 23.4 Å². The zero-order chi connectivity index (χ0) is 28.0. The van der Waals surface area contributed by atoms with Crippen molar-refractivity contribution in [3.05, 3.63) is 35.1 Å². The lowest BCUT2D eigenvalue weighted by molar-refractivity contribution is -0.152. The molecule has 2 amide bonds. The number of nitrogens with two attached hydrogens (primary N) is 1. The maximum absolute atomic E-state index is 14.0. The second-order valence-electron chi connectivity index (χ2n) is 10.1. The third kappa shape index (κ3) is 7.63. The third-order valence-corrected chi connectivity index (χ3v) is 8.08. The Bertz CT molecular complexity index is 1010. The Morgan fingerprint density at radius 2 is 1.76 bits per heavy atom. The van der Waals surface area contributed by atoms with Crippen LogP contribution in [0.3, 0.4) is 0 Å². The standard InChI is InChI=1S/C26H37F3N4O4S/c1-4-37-26(36)23(15(2)3)32-7-5-18(6-8-32)31-24(35)25-33(9-10-38-25)22(34)13-17(30)11-16-12-20(28)21(29)14-19(16)27/h12,14-15,17-18,23,25H,4-11,13,30H2,1-3H3,(H,31,35)/t17-,23?,25?/m1/s1. The number of nitrogens with one attached hydrogen (secondary N) is 1. The maximum atomic E-state index is 14.0. The van der Waals surface area contributed by atoms with Crippen molar-refractivity contribution in [1.82, 2.24) is 15.1 Å². The van der Waals surface area contributed by atoms with Crippen LogP contribution in [0.2, 0.25) is 0 Å². The predicted octanol–water partition coefficient (Wildman–Crippen LogP) is 2.43. The molecule has 3 rings (SSSR count). The number of benzene rings is 1. The summed E-state index contributed by atoms with van der Waals surface area (Å²) >= 11 is 1.36. The number of piperidine rings is 1. The predicted molar refractivity (Wildman–Crippen MR) is 139 cm³/mol. The van der Waals surface area contributed by atoms with E-state index in [4.69, 9.17) is 10.5 Å². The summed E-state index contributed by atoms with van der Waals surface area (Å²) in [7, 11) is 0. The van der Waals surface area contributed by atoms with Crippen molar-refractivity contribution in [2.24, 2.45) is 11.7 Å². The minimum Gasteiger partial charge on any atom is -0.465 e. The molecule has 2 saturated heterocycles. The van der Waals surface area contributed by atoms with Gasteiger partial charge >= 0.3 is 5.97 Å². The smallest absolute Gasteiger partial charge is 0.323 e. The molecule has 3 N–H and O–H groups in total. The Morgan fingerprint density at radius 3 is 2.39 bits per heavy atom. The molecular weight excluding hydrogens is 521 g/mol. The molecule has 0 saturated carbocycles. The molecular formula is C26H37F3N4O4S. The number of halogens is 3. The molecule has 3 atom stereocenters. The summed E-state index contributed by atoms with van der Waals surface area (Å²) in [6.07, 6.45) is 1.04. The van der Waals surface area contributed by atoms with E-state index in [0.717, 1.165) is 6.07 Å². The Kier molecular flexibility index (Phi) is 10.9. The number of thioether (sulfide) groups is 1. The van der Waals surface area contributed by atoms with E-state index in [1.54, 1.807) is 6.92 Å². The Labute approximate surface area is 225 Å². The molecule has 212 valence electrons. The Hall–Kier alpha value is -2.31. The molecule has 2 aliphatic rings. The van der Waals surface area contributed by atoms with Crippen LogP contribution in [0.25, 0.3) is 0 Å². The molecule has 1 aromatic carbocycles. The largest absolute Gasteiger partial charge is 0.465 e. The molecule has 38 heavy (non-hydrogen) atoms. The fourth-order valence-corrected chi connectivity index (χ4v) is 6.17. The van der Waals surface area contributed by atoms with Crippen molar-refractivity contribution in [2.75, 3.05) is 32.0 Å². The highest BCUT2D eigenvalue weighted by atomic mass is 32.2. The number of nitrogens with zero attached hydrogens (tertiary/aromatic N) is 2. The lowest BCUT2D eigenvalue weighted by atomic mass is 9.97. The van der Waals surface area contributed by atoms with Gasteiger partial charge in [-0.05, 0) is 43.7 Å². The maximum Gasteiger partial charge on any atom is 0.323 e. The molecule has 2 heterocycles. The molecule has 12 heteroatoms. The van der Waals surface area contributed by atoms with Gasteiger partial charge in [0.1, 0.15) is 11.9 Å². The zero-order valence-electron chi connectivity index (χ0n) is 22.1. The van der Waals surface area contributed by atoms with Crippen molar-refractivity contribution < 1.29 is 32.3 Å². The SMILES string of the molecule is CCOC(=O)C(C(C)C)N1CCC(NC(=O)C2SCCN2C(=O)C[C@H](N)Cc2cc(F)c(F)cc2F)CC1. The summed E-state index contributed by atoms with van der Waals surface area (Å²) in [6, 6.07) is -0.0205. The van der Waals surface area contributed by atoms with Crippen molar-refractivity contribution in [3.63, 3.8) is 0 Å². The number of hydrogen-bond acceptors (Lipinski definition) is 7. The van der Waals surface area contributed by atoms with Crippen molar-refractivity contribution in [1.29, 1.82) is 0 Å². The summed E-state index contributed by atoms with van der Waals surface area (Å²) in [5.41, 5.74) is 5.92. The van der Waals surface area contributed by atoms with E-state index in [1.807, 2.05) is 13.8 Å². The van der Waals surface area contributed by atoms with Gasteiger partial charge in [0.25, 0.3) is 5.91 Å². The van der Waals surface area contributed by atoms with Gasteiger partial charge in [-0.25, -0.2) is 13.2 Å². The summed E-state index contributed by atoms with van der Waals surface area (Å²) in [6.45, 7) is 7.74. The molecule has 0 aromatic heterocycles. The third-order valence-electron chi connectivity index (χ3n) is 6.87. The first-order valence-corrected chi connectivity index (χ1v) is 14.1. The number of amides is 2. The van der Waals surface area contributed by atoms with Gasteiger partial charge in [-0.2, -0.15) is 0 Å². The van der Waals surface area contributed by atoms with Crippen LogP contribution in [-0.2, 0) is 25.5 Å². The van der Waals surface area contributed by atoms with Crippen LogP contribution in [-0.4, -0.2) is 83.1 Å². The average molecular weight is 559 g/mol. The first kappa shape index (κ1) is 30.2. The number of carbonyl (C=O) groups excluding carboxylic acids is 3. The average Bonchev–Trinajstić information content (AvgIpc) is 3.34. The minimum atomic E-state index is -1.29. The zero-order valence-corrected chi connectivity index (χ0v) is 22.9. The number of ether oxygens (including phenoxy) is 1. The molecule has 0 spiro atoms. The molecule has 2 unspecified atom stereocenters. The van der Waals surface area contributed by atoms with Gasteiger partial charge in [-0.15, -0.1) is 11.8 Å². The monoisotopic (exact) mass is 558 g/mol. The van der Waals surface area contributed by atoms with Crippen LogP contribution < -0.4 is 11.1 Å². The topological polar surface area (TPSA) is 105 Å². The molecule has 0 aliphatic carbocycles. The lowest BCUT2D eigenvalue weighted by Gasteiger charge is -2.38. The van der Waals surface area contributed by atoms with Gasteiger partial charge in [0.2, 0.25) is 5.91 Å². The number of carbonyl (C=O) groups is 3. The van der Waals surface area contributed by atoms with Gasteiger partial charge in [-0.3, -0.25) is 19.3 Å². The number of likely N-dealkylation sites (tertiary alicyclic amines) is 1. The summed E-state index contributed by atoms with van der Waals surface area (Å²) in [5.74, 6) is -3.55. The van der Waals surface area contributed by atoms with Crippen LogP contribution >= 0.6 is 11.8 Å². The summed E-state index contributed by atoms with van der Waals surface area (Å²) in [5, 5.41) is 2.35. The van der Waals surface area contributed by atoms with Crippen molar-refractivity contribution >= 4 is 29.5 Å². The first-order chi connectivity index (χ1) is 18.0. The molecule has 8 nitrogen and oxygen atoms in total. The first-order valence-electron chi connectivity index (χ1n) is 13.0. The fourth-order valence-electron chi connectivity index (χ4n) is 5.02. The van der Waals surface area contributed by atoms with Gasteiger partial charge in [-0.1, -0.05) is 13.8 Å². The van der Waals surface area contributed by atoms with Gasteiger partial charge in [0.15, 0.2) is 17.0 Å². The van der Waals surface area contributed by atoms with Crippen molar-refractivity contribution in [2.45, 2.75) is 70.0 Å². The normalized spacial score (nSPS) is 20.4. The van der Waals surface area contributed by atoms with Crippen LogP contribution in [0.5, 0.6) is 0 Å². The number of esters is 1. The molecule has 2 aliphatic heterocycles. The Morgan fingerprint density at radius 1 is 1.11 bits per heavy atom. The number of hydrogen-bond donors (Lipinski definition) is 2. The van der Waals surface area contributed by atoms with E-state index in [9.17, 15) is 27.6 Å². The highest BCUT2D eigenvalue weighted by Gasteiger charge is 2.38. The van der Waals surface area contributed by atoms with Gasteiger partial charge in [0.05, 0.1) is 6.61 Å². The second kappa shape index (κ2) is 13.7. The Balaban J connectivity index is 1.51. The van der Waals surface area contributed by atoms with E-state index < -0.39 is 28.9 Å². The van der Waals surface area contributed by atoms with Crippen LogP contribution in [0.4, 0.5) is 13.2 Å². The van der Waals surface area contributed by atoms with Crippen molar-refractivity contribution in [3.8, 4) is 0 Å². The molecule has 0 bridgehead atoms. The minimum absolute atomic E-state index is 0.0782. The van der Waals surface area contributed by atoms with E-state index in [2.05, 4.69) is 10.2 Å². The van der Waals surface area contributed by atoms with Gasteiger partial charge in [0, 0.05) is 50.0 Å². The highest BCUT2D eigenvalue weighted by Crippen LogP contribution is 2.26. The van der Waals surface area contributed by atoms with E-state index in [0.29, 0.717) is 50.9 Å². The molecule has 0 radical (unpaired) electrons. The van der Waals surface area contributed by atoms with Crippen LogP contribution in [0.15, 0.2) is 12.1 Å². The molecule has 1 aromatic rings. The van der Waals surface area contributed by atoms with E-state index in [-0.39, 0.29) is 54.2 Å². The lowest BCUT2D eigenvalue weighted by Crippen LogP contribution is -2.54. The van der Waals surface area contributed by atoms with E-state index >= 15 is 0 Å². The molecule has 2 fully saturated rings. The van der Waals surface area contributed by atoms with E-state index in [1.165, 1.54) is 16.7 Å². The fraction of sp³-hybridized carbons (Fsp3) is 0.654. The summed E-state index contributed by atoms with van der Waals surface area (Å²) in [4.78, 5) is 42.0. The summed E-state index contributed by atoms with van der Waals surface area (Å²) < 4.78 is 45.9. The quantitative estimate of drug-likeness (QED) is 0.336. The van der Waals surface area contributed by atoms with Crippen LogP contribution in [0.1, 0.15) is 45.6 Å². The van der Waals surface area contributed by atoms with Gasteiger partial charge < -0.3 is 20.7 Å². The number of rotatable bonds is 10. The second-order valence-corrected chi connectivity index (χ2v) is 11.3.